The molecule has 0 radical (unpaired) electrons. The second-order valence-electron chi connectivity index (χ2n) is 5.15. The van der Waals surface area contributed by atoms with Crippen LogP contribution >= 0.6 is 0 Å². The fraction of sp³-hybridized carbons (Fsp3) is 0.467. The van der Waals surface area contributed by atoms with E-state index in [0.717, 1.165) is 23.7 Å². The lowest BCUT2D eigenvalue weighted by atomic mass is 10.2. The molecule has 3 N–H and O–H groups in total. The zero-order valence-corrected chi connectivity index (χ0v) is 13.2. The van der Waals surface area contributed by atoms with Gasteiger partial charge in [0.15, 0.2) is 6.54 Å². The lowest BCUT2D eigenvalue weighted by Gasteiger charge is -2.18. The average molecular weight is 293 g/mol. The summed E-state index contributed by atoms with van der Waals surface area (Å²) in [4.78, 5) is 26.0. The maximum atomic E-state index is 11.7. The maximum Gasteiger partial charge on any atom is 0.321 e. The fourth-order valence-corrected chi connectivity index (χ4v) is 1.97. The number of urea groups is 1. The largest absolute Gasteiger partial charge is 0.378 e. The maximum absolute atomic E-state index is 11.7. The van der Waals surface area contributed by atoms with E-state index in [9.17, 15) is 9.59 Å². The number of benzene rings is 1. The summed E-state index contributed by atoms with van der Waals surface area (Å²) in [6.45, 7) is 3.87. The highest BCUT2D eigenvalue weighted by Gasteiger charge is 2.15. The molecule has 0 aromatic heterocycles. The van der Waals surface area contributed by atoms with E-state index in [1.54, 1.807) is 0 Å². The van der Waals surface area contributed by atoms with Crippen LogP contribution in [0, 0.1) is 0 Å². The first kappa shape index (κ1) is 17.0. The van der Waals surface area contributed by atoms with Crippen LogP contribution in [0.2, 0.25) is 0 Å². The molecule has 0 fully saturated rings. The van der Waals surface area contributed by atoms with Gasteiger partial charge in [0.2, 0.25) is 0 Å². The third-order valence-electron chi connectivity index (χ3n) is 3.30. The predicted octanol–water partition coefficient (Wildman–Crippen LogP) is -0.387. The molecule has 6 heteroatoms. The first-order valence-electron chi connectivity index (χ1n) is 7.07. The molecule has 0 aliphatic heterocycles. The van der Waals surface area contributed by atoms with Crippen molar-refractivity contribution in [3.63, 3.8) is 0 Å². The Morgan fingerprint density at radius 2 is 1.81 bits per heavy atom. The van der Waals surface area contributed by atoms with Crippen molar-refractivity contribution in [1.82, 2.24) is 10.6 Å². The van der Waals surface area contributed by atoms with Crippen LogP contribution in [-0.2, 0) is 11.3 Å². The van der Waals surface area contributed by atoms with Crippen LogP contribution in [-0.4, -0.2) is 46.2 Å². The molecule has 1 aromatic carbocycles. The Hall–Kier alpha value is -2.08. The van der Waals surface area contributed by atoms with E-state index in [-0.39, 0.29) is 12.5 Å². The number of hydrogen-bond acceptors (Lipinski definition) is 3. The summed E-state index contributed by atoms with van der Waals surface area (Å²) < 4.78 is 0. The van der Waals surface area contributed by atoms with Gasteiger partial charge in [-0.2, -0.15) is 0 Å². The van der Waals surface area contributed by atoms with Crippen LogP contribution < -0.4 is 20.4 Å². The first-order valence-corrected chi connectivity index (χ1v) is 7.07. The van der Waals surface area contributed by atoms with Gasteiger partial charge in [-0.05, 0) is 19.1 Å². The highest BCUT2D eigenvalue weighted by molar-refractivity contribution is 5.94. The van der Waals surface area contributed by atoms with E-state index >= 15 is 0 Å². The van der Waals surface area contributed by atoms with Gasteiger partial charge in [-0.3, -0.25) is 10.1 Å². The molecule has 1 aromatic rings. The molecule has 116 valence electrons. The van der Waals surface area contributed by atoms with Crippen LogP contribution in [0.4, 0.5) is 10.5 Å². The van der Waals surface area contributed by atoms with Crippen molar-refractivity contribution in [2.45, 2.75) is 13.5 Å². The van der Waals surface area contributed by atoms with Gasteiger partial charge in [-0.15, -0.1) is 0 Å². The Labute approximate surface area is 126 Å². The number of carbonyl (C=O) groups is 2. The molecule has 0 saturated heterocycles. The number of carbonyl (C=O) groups excluding carboxylic acids is 2. The third kappa shape index (κ3) is 5.83. The molecular weight excluding hydrogens is 268 g/mol. The van der Waals surface area contributed by atoms with E-state index in [1.807, 2.05) is 25.9 Å². The van der Waals surface area contributed by atoms with Gasteiger partial charge in [0.1, 0.15) is 6.54 Å². The van der Waals surface area contributed by atoms with Crippen molar-refractivity contribution in [3.8, 4) is 0 Å². The predicted molar refractivity (Wildman–Crippen MR) is 83.4 cm³/mol. The summed E-state index contributed by atoms with van der Waals surface area (Å²) >= 11 is 0. The number of amides is 3. The molecule has 0 spiro atoms. The van der Waals surface area contributed by atoms with Gasteiger partial charge in [-0.1, -0.05) is 12.1 Å². The molecule has 0 aliphatic carbocycles. The molecule has 0 bridgehead atoms. The minimum absolute atomic E-state index is 0.267. The Morgan fingerprint density at radius 1 is 1.19 bits per heavy atom. The Morgan fingerprint density at radius 3 is 2.29 bits per heavy atom. The number of quaternary nitrogens is 1. The minimum Gasteiger partial charge on any atom is -0.378 e. The summed E-state index contributed by atoms with van der Waals surface area (Å²) in [7, 11) is 5.49. The quantitative estimate of drug-likeness (QED) is 0.669. The zero-order chi connectivity index (χ0) is 15.8. The minimum atomic E-state index is -0.467. The molecule has 1 unspecified atom stereocenters. The standard InChI is InChI=1S/C15H24N4O2/c1-5-19(11-14(20)17-15(21)16-2)10-12-6-8-13(9-7-12)18(3)4/h6-9H,5,10-11H2,1-4H3,(H2,16,17,20,21)/p+1. The first-order chi connectivity index (χ1) is 9.96. The van der Waals surface area contributed by atoms with Crippen molar-refractivity contribution in [1.29, 1.82) is 0 Å². The van der Waals surface area contributed by atoms with Crippen LogP contribution in [0.3, 0.4) is 0 Å². The smallest absolute Gasteiger partial charge is 0.321 e. The van der Waals surface area contributed by atoms with E-state index in [4.69, 9.17) is 0 Å². The van der Waals surface area contributed by atoms with Crippen LogP contribution in [0.1, 0.15) is 12.5 Å². The number of likely N-dealkylation sites (N-methyl/N-ethyl adjacent to an activating group) is 1. The number of nitrogens with one attached hydrogen (secondary N) is 3. The molecule has 0 saturated carbocycles. The van der Waals surface area contributed by atoms with Gasteiger partial charge in [-0.25, -0.2) is 4.79 Å². The summed E-state index contributed by atoms with van der Waals surface area (Å²) in [5.41, 5.74) is 2.32. The molecule has 21 heavy (non-hydrogen) atoms. The zero-order valence-electron chi connectivity index (χ0n) is 13.2. The van der Waals surface area contributed by atoms with Crippen molar-refractivity contribution in [2.24, 2.45) is 0 Å². The summed E-state index contributed by atoms with van der Waals surface area (Å²) in [6.07, 6.45) is 0. The molecule has 6 nitrogen and oxygen atoms in total. The highest BCUT2D eigenvalue weighted by Crippen LogP contribution is 2.11. The number of anilines is 1. The van der Waals surface area contributed by atoms with Crippen LogP contribution in [0.5, 0.6) is 0 Å². The second kappa shape index (κ2) is 8.26. The third-order valence-corrected chi connectivity index (χ3v) is 3.30. The molecule has 0 heterocycles. The Bertz CT molecular complexity index is 471. The van der Waals surface area contributed by atoms with Gasteiger partial charge in [0, 0.05) is 32.4 Å². The molecular formula is C15H25N4O2+. The lowest BCUT2D eigenvalue weighted by molar-refractivity contribution is -0.904. The summed E-state index contributed by atoms with van der Waals surface area (Å²) in [5, 5.41) is 4.66. The van der Waals surface area contributed by atoms with E-state index in [0.29, 0.717) is 0 Å². The van der Waals surface area contributed by atoms with Crippen LogP contribution in [0.25, 0.3) is 0 Å². The molecule has 0 aliphatic rings. The Kier molecular flexibility index (Phi) is 6.68. The summed E-state index contributed by atoms with van der Waals surface area (Å²) in [5.74, 6) is -0.267. The van der Waals surface area contributed by atoms with E-state index in [1.165, 1.54) is 12.6 Å². The lowest BCUT2D eigenvalue weighted by Crippen LogP contribution is -3.11. The van der Waals surface area contributed by atoms with Gasteiger partial charge >= 0.3 is 6.03 Å². The number of nitrogens with zero attached hydrogens (tertiary/aromatic N) is 1. The Balaban J connectivity index is 2.57. The van der Waals surface area contributed by atoms with Gasteiger partial charge < -0.3 is 15.1 Å². The second-order valence-corrected chi connectivity index (χ2v) is 5.15. The van der Waals surface area contributed by atoms with Crippen molar-refractivity contribution >= 4 is 17.6 Å². The van der Waals surface area contributed by atoms with Crippen LogP contribution in [0.15, 0.2) is 24.3 Å². The van der Waals surface area contributed by atoms with E-state index < -0.39 is 6.03 Å². The monoisotopic (exact) mass is 293 g/mol. The normalized spacial score (nSPS) is 11.6. The van der Waals surface area contributed by atoms with Crippen molar-refractivity contribution in [3.05, 3.63) is 29.8 Å². The van der Waals surface area contributed by atoms with Gasteiger partial charge in [0.05, 0.1) is 6.54 Å². The van der Waals surface area contributed by atoms with Crippen molar-refractivity contribution < 1.29 is 14.5 Å². The van der Waals surface area contributed by atoms with Crippen molar-refractivity contribution in [2.75, 3.05) is 39.1 Å². The fourth-order valence-electron chi connectivity index (χ4n) is 1.97. The number of imide groups is 1. The number of hydrogen-bond donors (Lipinski definition) is 3. The van der Waals surface area contributed by atoms with E-state index in [2.05, 4.69) is 34.9 Å². The molecule has 1 atom stereocenters. The van der Waals surface area contributed by atoms with Gasteiger partial charge in [0.25, 0.3) is 5.91 Å². The topological polar surface area (TPSA) is 65.9 Å². The molecule has 3 amide bonds. The SMILES string of the molecule is CC[NH+](CC(=O)NC(=O)NC)Cc1ccc(N(C)C)cc1. The highest BCUT2D eigenvalue weighted by atomic mass is 16.2. The molecule has 1 rings (SSSR count). The number of rotatable bonds is 6. The summed E-state index contributed by atoms with van der Waals surface area (Å²) in [6, 6.07) is 7.80. The average Bonchev–Trinajstić information content (AvgIpc) is 2.46.